The molecule has 4 heterocycles. The van der Waals surface area contributed by atoms with E-state index in [1.54, 1.807) is 37.4 Å². The molecule has 1 atom stereocenters. The zero-order valence-corrected chi connectivity index (χ0v) is 35.5. The van der Waals surface area contributed by atoms with E-state index in [1.807, 2.05) is 18.3 Å². The smallest absolute Gasteiger partial charge is 0.661 e. The Morgan fingerprint density at radius 3 is 2.42 bits per heavy atom. The Kier molecular flexibility index (Phi) is 9.65. The predicted octanol–water partition coefficient (Wildman–Crippen LogP) is 12.8. The topological polar surface area (TPSA) is 43.1 Å². The van der Waals surface area contributed by atoms with Crippen LogP contribution in [0.1, 0.15) is 53.6 Å². The first kappa shape index (κ1) is 33.6. The second-order valence-electron chi connectivity index (χ2n) is 14.9. The van der Waals surface area contributed by atoms with Crippen molar-refractivity contribution in [3.63, 3.8) is 0 Å². The van der Waals surface area contributed by atoms with Crippen molar-refractivity contribution in [3.05, 3.63) is 167 Å². The molecular weight excluding hydrogens is 892 g/mol. The zero-order valence-electron chi connectivity index (χ0n) is 35.2. The fraction of sp³-hybridized carbons (Fsp3) is 0.191. The molecule has 9 rings (SSSR count). The van der Waals surface area contributed by atoms with Crippen molar-refractivity contribution in [2.24, 2.45) is 0 Å². The van der Waals surface area contributed by atoms with E-state index >= 15 is 0 Å². The van der Waals surface area contributed by atoms with Crippen LogP contribution in [0.5, 0.6) is 0 Å². The fourth-order valence-electron chi connectivity index (χ4n) is 7.11. The number of hydrogen-bond donors (Lipinski definition) is 0. The summed E-state index contributed by atoms with van der Waals surface area (Å²) in [5, 5.41) is 11.2. The third kappa shape index (κ3) is 7.74. The molecule has 0 fully saturated rings. The number of hydrogen-bond acceptors (Lipinski definition) is 4. The molecule has 5 aromatic carbocycles. The average Bonchev–Trinajstić information content (AvgIpc) is 3.74. The third-order valence-corrected chi connectivity index (χ3v) is 13.0. The Labute approximate surface area is 347 Å². The van der Waals surface area contributed by atoms with E-state index in [0.717, 1.165) is 39.4 Å². The van der Waals surface area contributed by atoms with Crippen molar-refractivity contribution >= 4 is 67.0 Å². The van der Waals surface area contributed by atoms with E-state index in [-0.39, 0.29) is 37.4 Å². The van der Waals surface area contributed by atoms with Crippen LogP contribution in [-0.4, -0.2) is 18.0 Å². The summed E-state index contributed by atoms with van der Waals surface area (Å²) >= 11 is 1.74. The van der Waals surface area contributed by atoms with Crippen LogP contribution in [-0.2, 0) is 26.7 Å². The Morgan fingerprint density at radius 2 is 1.69 bits per heavy atom. The molecule has 1 aliphatic rings. The second-order valence-corrected chi connectivity index (χ2v) is 20.9. The minimum Gasteiger partial charge on any atom is -0.661 e. The molecule has 0 saturated heterocycles. The normalized spacial score (nSPS) is 15.2. The molecule has 1 unspecified atom stereocenters. The van der Waals surface area contributed by atoms with Gasteiger partial charge in [-0.1, -0.05) is 129 Å². The molecule has 276 valence electrons. The van der Waals surface area contributed by atoms with Crippen molar-refractivity contribution in [1.29, 1.82) is 0 Å². The number of aryl methyl sites for hydroxylation is 1. The molecule has 0 saturated carbocycles. The quantitative estimate of drug-likeness (QED) is 0.123. The molecule has 0 amide bonds. The predicted molar refractivity (Wildman–Crippen MR) is 229 cm³/mol. The molecule has 0 aliphatic carbocycles. The summed E-state index contributed by atoms with van der Waals surface area (Å²) in [6.45, 7) is 8.54. The SMILES string of the molecule is [2H]C([2H])([2H])c1c[c-]c(-c2cc(C([2H])(C)C)c([Si](C)(C)C)cn2)c(F)c1.[Ir+3].[c-]1ccc2c(sc3ncccc32)c1C1[N-]c2cc3ccccc3cc2N1Cc1ccccc1. The fourth-order valence-corrected chi connectivity index (χ4v) is 9.85. The monoisotopic (exact) mass is 938 g/mol. The summed E-state index contributed by atoms with van der Waals surface area (Å²) in [5.74, 6) is -1.52. The van der Waals surface area contributed by atoms with Gasteiger partial charge in [0.15, 0.2) is 0 Å². The van der Waals surface area contributed by atoms with Crippen LogP contribution in [0.4, 0.5) is 15.8 Å². The summed E-state index contributed by atoms with van der Waals surface area (Å²) in [7, 11) is -1.72. The van der Waals surface area contributed by atoms with Crippen molar-refractivity contribution < 1.29 is 30.0 Å². The first-order chi connectivity index (χ1) is 27.6. The van der Waals surface area contributed by atoms with E-state index in [9.17, 15) is 4.39 Å². The summed E-state index contributed by atoms with van der Waals surface area (Å²) in [4.78, 5) is 12.5. The maximum absolute atomic E-state index is 14.5. The van der Waals surface area contributed by atoms with Gasteiger partial charge in [0, 0.05) is 35.9 Å². The van der Waals surface area contributed by atoms with Gasteiger partial charge in [0.05, 0.1) is 8.07 Å². The van der Waals surface area contributed by atoms with Crippen LogP contribution in [0.2, 0.25) is 19.6 Å². The Bertz CT molecular complexity index is 2800. The van der Waals surface area contributed by atoms with Gasteiger partial charge in [-0.2, -0.15) is 29.5 Å². The zero-order chi connectivity index (χ0) is 41.0. The van der Waals surface area contributed by atoms with Gasteiger partial charge < -0.3 is 15.2 Å². The summed E-state index contributed by atoms with van der Waals surface area (Å²) in [6, 6.07) is 42.3. The van der Waals surface area contributed by atoms with Gasteiger partial charge in [0.25, 0.3) is 0 Å². The van der Waals surface area contributed by atoms with Gasteiger partial charge in [-0.3, -0.25) is 4.39 Å². The van der Waals surface area contributed by atoms with Crippen LogP contribution < -0.4 is 10.1 Å². The van der Waals surface area contributed by atoms with Gasteiger partial charge in [0.2, 0.25) is 0 Å². The minimum atomic E-state index is -2.38. The number of pyridine rings is 2. The molecule has 8 aromatic rings. The van der Waals surface area contributed by atoms with Gasteiger partial charge in [0.1, 0.15) is 4.83 Å². The Balaban J connectivity index is 0.000000184. The Morgan fingerprint density at radius 1 is 0.927 bits per heavy atom. The van der Waals surface area contributed by atoms with Crippen molar-refractivity contribution in [1.82, 2.24) is 9.97 Å². The molecule has 55 heavy (non-hydrogen) atoms. The molecule has 8 heteroatoms. The standard InChI is InChI=1S/C29H19N3S.C18H23FNSi.Ir/c1-2-8-19(9-3-1)18-32-26-17-21-11-5-4-10-20(21)16-25(26)31-28(32)24-13-6-12-22-23-14-7-15-30-29(23)33-27(22)24;1-12(2)15-10-17(20-11-18(15)21(4,5)6)14-8-7-13(3)9-16(14)19;/h1-12,14-17,28H,18H2;7,9-12H,1-6H3;/q-2;-1;+3/i;3D3,12D;. The Hall–Kier alpha value is -4.72. The van der Waals surface area contributed by atoms with Gasteiger partial charge >= 0.3 is 20.1 Å². The van der Waals surface area contributed by atoms with Crippen LogP contribution in [0.3, 0.4) is 0 Å². The summed E-state index contributed by atoms with van der Waals surface area (Å²) in [5.41, 5.74) is 5.83. The molecule has 0 spiro atoms. The average molecular weight is 938 g/mol. The van der Waals surface area contributed by atoms with Crippen LogP contribution in [0, 0.1) is 24.8 Å². The molecule has 0 bridgehead atoms. The number of nitrogens with zero attached hydrogens (tertiary/aromatic N) is 4. The molecule has 3 aromatic heterocycles. The number of aromatic nitrogens is 2. The first-order valence-corrected chi connectivity index (χ1v) is 22.3. The maximum atomic E-state index is 14.5. The number of fused-ring (bicyclic) bond motifs is 5. The van der Waals surface area contributed by atoms with Gasteiger partial charge in [-0.05, 0) is 56.8 Å². The number of halogens is 1. The number of rotatable bonds is 6. The molecule has 0 radical (unpaired) electrons. The third-order valence-electron chi connectivity index (χ3n) is 9.80. The van der Waals surface area contributed by atoms with E-state index in [4.69, 9.17) is 10.8 Å². The second kappa shape index (κ2) is 15.8. The van der Waals surface area contributed by atoms with Crippen LogP contribution >= 0.6 is 11.3 Å². The first-order valence-electron chi connectivity index (χ1n) is 20.0. The van der Waals surface area contributed by atoms with E-state index in [0.29, 0.717) is 5.69 Å². The van der Waals surface area contributed by atoms with E-state index in [2.05, 4.69) is 126 Å². The molecule has 4 nitrogen and oxygen atoms in total. The maximum Gasteiger partial charge on any atom is 3.00 e. The molecule has 0 N–H and O–H groups in total. The minimum absolute atomic E-state index is 0. The van der Waals surface area contributed by atoms with Gasteiger partial charge in [-0.25, -0.2) is 4.98 Å². The number of thiophene rings is 1. The number of anilines is 1. The van der Waals surface area contributed by atoms with E-state index < -0.39 is 26.6 Å². The van der Waals surface area contributed by atoms with Crippen LogP contribution in [0.25, 0.3) is 47.6 Å². The summed E-state index contributed by atoms with van der Waals surface area (Å²) < 4.78 is 46.2. The van der Waals surface area contributed by atoms with Crippen molar-refractivity contribution in [2.75, 3.05) is 4.90 Å². The number of benzene rings is 5. The largest absolute Gasteiger partial charge is 3.00 e. The van der Waals surface area contributed by atoms with Crippen molar-refractivity contribution in [2.45, 2.75) is 58.9 Å². The molecule has 1 aliphatic heterocycles. The van der Waals surface area contributed by atoms with Crippen molar-refractivity contribution in [3.8, 4) is 11.3 Å². The summed E-state index contributed by atoms with van der Waals surface area (Å²) in [6.07, 6.45) is 3.47. The molecular formula is C47H42FIrN4SSi. The van der Waals surface area contributed by atoms with Crippen LogP contribution in [0.15, 0.2) is 122 Å². The van der Waals surface area contributed by atoms with Gasteiger partial charge in [-0.15, -0.1) is 40.4 Å². The van der Waals surface area contributed by atoms with E-state index in [1.165, 1.54) is 43.6 Å².